The molecule has 0 bridgehead atoms. The topological polar surface area (TPSA) is 64.4 Å². The summed E-state index contributed by atoms with van der Waals surface area (Å²) < 4.78 is 8.02. The highest BCUT2D eigenvalue weighted by Crippen LogP contribution is 2.33. The number of ether oxygens (including phenoxy) is 1. The maximum atomic E-state index is 12.9. The number of halogens is 1. The molecule has 1 N–H and O–H groups in total. The predicted molar refractivity (Wildman–Crippen MR) is 106 cm³/mol. The number of thiophene rings is 1. The number of aliphatic hydroxyl groups is 1. The molecule has 0 amide bonds. The van der Waals surface area contributed by atoms with Gasteiger partial charge >= 0.3 is 0 Å². The maximum absolute atomic E-state index is 12.9. The van der Waals surface area contributed by atoms with Gasteiger partial charge in [-0.2, -0.15) is 0 Å². The molecule has 2 heterocycles. The van der Waals surface area contributed by atoms with Crippen LogP contribution in [0.15, 0.2) is 39.9 Å². The summed E-state index contributed by atoms with van der Waals surface area (Å²) in [5.74, 6) is 0.672. The number of aliphatic hydroxyl groups excluding tert-OH is 1. The fourth-order valence-electron chi connectivity index (χ4n) is 3.34. The minimum atomic E-state index is -0.791. The number of rotatable bonds is 5. The molecule has 3 aromatic rings. The molecule has 0 saturated heterocycles. The van der Waals surface area contributed by atoms with Gasteiger partial charge in [-0.15, -0.1) is 11.3 Å². The molecule has 1 unspecified atom stereocenters. The minimum absolute atomic E-state index is 0.0593. The average Bonchev–Trinajstić information content (AvgIpc) is 3.02. The van der Waals surface area contributed by atoms with Crippen molar-refractivity contribution in [3.05, 3.63) is 55.9 Å². The van der Waals surface area contributed by atoms with Crippen LogP contribution in [-0.2, 0) is 19.4 Å². The van der Waals surface area contributed by atoms with Gasteiger partial charge in [-0.1, -0.05) is 22.0 Å². The number of benzene rings is 1. The molecule has 7 heteroatoms. The van der Waals surface area contributed by atoms with Crippen LogP contribution >= 0.6 is 27.3 Å². The first kappa shape index (κ1) is 17.7. The van der Waals surface area contributed by atoms with Crippen LogP contribution in [0.3, 0.4) is 0 Å². The predicted octanol–water partition coefficient (Wildman–Crippen LogP) is 3.54. The van der Waals surface area contributed by atoms with Gasteiger partial charge < -0.3 is 9.84 Å². The van der Waals surface area contributed by atoms with E-state index in [0.717, 1.165) is 34.0 Å². The second kappa shape index (κ2) is 7.50. The van der Waals surface area contributed by atoms with Gasteiger partial charge in [0.05, 0.1) is 18.3 Å². The molecular weight excluding hydrogens is 416 g/mol. The van der Waals surface area contributed by atoms with Gasteiger partial charge in [-0.3, -0.25) is 9.36 Å². The molecule has 0 saturated carbocycles. The van der Waals surface area contributed by atoms with Crippen LogP contribution < -0.4 is 10.3 Å². The smallest absolute Gasteiger partial charge is 0.262 e. The number of nitrogens with zero attached hydrogens (tertiary/aromatic N) is 2. The molecule has 0 fully saturated rings. The molecule has 1 aromatic carbocycles. The molecule has 0 aliphatic heterocycles. The van der Waals surface area contributed by atoms with E-state index in [1.165, 1.54) is 27.8 Å². The zero-order valence-electron chi connectivity index (χ0n) is 14.2. The van der Waals surface area contributed by atoms with E-state index in [2.05, 4.69) is 20.9 Å². The summed E-state index contributed by atoms with van der Waals surface area (Å²) in [6, 6.07) is 7.44. The Bertz CT molecular complexity index is 998. The van der Waals surface area contributed by atoms with Crippen molar-refractivity contribution in [3.8, 4) is 5.75 Å². The van der Waals surface area contributed by atoms with Gasteiger partial charge in [-0.05, 0) is 49.4 Å². The molecule has 0 radical (unpaired) electrons. The van der Waals surface area contributed by atoms with Crippen molar-refractivity contribution in [2.45, 2.75) is 38.3 Å². The normalized spacial score (nSPS) is 15.0. The average molecular weight is 435 g/mol. The van der Waals surface area contributed by atoms with Gasteiger partial charge in [0.25, 0.3) is 5.56 Å². The first-order valence-electron chi connectivity index (χ1n) is 8.68. The van der Waals surface area contributed by atoms with E-state index in [4.69, 9.17) is 4.74 Å². The summed E-state index contributed by atoms with van der Waals surface area (Å²) >= 11 is 5.02. The van der Waals surface area contributed by atoms with E-state index in [0.29, 0.717) is 5.75 Å². The summed E-state index contributed by atoms with van der Waals surface area (Å²) in [4.78, 5) is 19.5. The van der Waals surface area contributed by atoms with Crippen molar-refractivity contribution in [2.75, 3.05) is 6.61 Å². The van der Waals surface area contributed by atoms with Crippen molar-refractivity contribution in [1.29, 1.82) is 0 Å². The van der Waals surface area contributed by atoms with Gasteiger partial charge in [0, 0.05) is 9.35 Å². The Balaban J connectivity index is 1.51. The Labute approximate surface area is 163 Å². The van der Waals surface area contributed by atoms with Crippen molar-refractivity contribution in [2.24, 2.45) is 0 Å². The Hall–Kier alpha value is -1.70. The Morgan fingerprint density at radius 2 is 2.19 bits per heavy atom. The standard InChI is InChI=1S/C19H19BrN2O3S/c20-12-4-3-5-14(8-12)25-10-13(23)9-22-11-21-18-17(19(22)24)15-6-1-2-7-16(15)26-18/h3-5,8,11,13,23H,1-2,6-7,9-10H2. The first-order valence-corrected chi connectivity index (χ1v) is 10.3. The van der Waals surface area contributed by atoms with Crippen molar-refractivity contribution < 1.29 is 9.84 Å². The SMILES string of the molecule is O=c1c2c3c(sc2ncn1CC(O)COc1cccc(Br)c1)CCCC3. The summed E-state index contributed by atoms with van der Waals surface area (Å²) in [5.41, 5.74) is 1.11. The molecule has 136 valence electrons. The number of hydrogen-bond donors (Lipinski definition) is 1. The molecule has 1 aliphatic carbocycles. The van der Waals surface area contributed by atoms with E-state index >= 15 is 0 Å². The number of aryl methyl sites for hydroxylation is 2. The molecule has 5 nitrogen and oxygen atoms in total. The van der Waals surface area contributed by atoms with Gasteiger partial charge in [0.15, 0.2) is 0 Å². The Morgan fingerprint density at radius 1 is 1.35 bits per heavy atom. The Kier molecular flexibility index (Phi) is 5.11. The lowest BCUT2D eigenvalue weighted by Crippen LogP contribution is -2.30. The quantitative estimate of drug-likeness (QED) is 0.666. The van der Waals surface area contributed by atoms with E-state index in [1.807, 2.05) is 24.3 Å². The first-order chi connectivity index (χ1) is 12.6. The summed E-state index contributed by atoms with van der Waals surface area (Å²) in [6.45, 7) is 0.281. The molecule has 26 heavy (non-hydrogen) atoms. The van der Waals surface area contributed by atoms with Crippen LogP contribution in [0.2, 0.25) is 0 Å². The van der Waals surface area contributed by atoms with Crippen molar-refractivity contribution in [1.82, 2.24) is 9.55 Å². The fourth-order valence-corrected chi connectivity index (χ4v) is 4.94. The lowest BCUT2D eigenvalue weighted by atomic mass is 9.97. The number of aromatic nitrogens is 2. The van der Waals surface area contributed by atoms with Gasteiger partial charge in [0.1, 0.15) is 23.3 Å². The van der Waals surface area contributed by atoms with Crippen LogP contribution in [0.4, 0.5) is 0 Å². The zero-order chi connectivity index (χ0) is 18.1. The Morgan fingerprint density at radius 3 is 3.04 bits per heavy atom. The van der Waals surface area contributed by atoms with Crippen LogP contribution in [0.25, 0.3) is 10.2 Å². The van der Waals surface area contributed by atoms with Crippen LogP contribution in [0, 0.1) is 0 Å². The van der Waals surface area contributed by atoms with E-state index in [-0.39, 0.29) is 18.7 Å². The van der Waals surface area contributed by atoms with E-state index in [1.54, 1.807) is 11.3 Å². The molecule has 0 spiro atoms. The molecule has 1 atom stereocenters. The monoisotopic (exact) mass is 434 g/mol. The summed E-state index contributed by atoms with van der Waals surface area (Å²) in [6.07, 6.45) is 5.04. The molecule has 4 rings (SSSR count). The highest BCUT2D eigenvalue weighted by Gasteiger charge is 2.20. The molecule has 1 aliphatic rings. The van der Waals surface area contributed by atoms with E-state index in [9.17, 15) is 9.90 Å². The number of hydrogen-bond acceptors (Lipinski definition) is 5. The third-order valence-electron chi connectivity index (χ3n) is 4.59. The highest BCUT2D eigenvalue weighted by molar-refractivity contribution is 9.10. The van der Waals surface area contributed by atoms with Crippen molar-refractivity contribution in [3.63, 3.8) is 0 Å². The second-order valence-corrected chi connectivity index (χ2v) is 8.51. The van der Waals surface area contributed by atoms with Crippen LogP contribution in [0.5, 0.6) is 5.75 Å². The number of fused-ring (bicyclic) bond motifs is 3. The zero-order valence-corrected chi connectivity index (χ0v) is 16.6. The van der Waals surface area contributed by atoms with E-state index < -0.39 is 6.10 Å². The summed E-state index contributed by atoms with van der Waals surface area (Å²) in [5, 5.41) is 11.0. The van der Waals surface area contributed by atoms with Crippen LogP contribution in [-0.4, -0.2) is 27.4 Å². The van der Waals surface area contributed by atoms with Gasteiger partial charge in [-0.25, -0.2) is 4.98 Å². The van der Waals surface area contributed by atoms with Gasteiger partial charge in [0.2, 0.25) is 0 Å². The lowest BCUT2D eigenvalue weighted by molar-refractivity contribution is 0.0914. The molecule has 2 aromatic heterocycles. The highest BCUT2D eigenvalue weighted by atomic mass is 79.9. The third-order valence-corrected chi connectivity index (χ3v) is 6.28. The second-order valence-electron chi connectivity index (χ2n) is 6.52. The maximum Gasteiger partial charge on any atom is 0.262 e. The minimum Gasteiger partial charge on any atom is -0.491 e. The van der Waals surface area contributed by atoms with Crippen molar-refractivity contribution >= 4 is 37.5 Å². The largest absolute Gasteiger partial charge is 0.491 e. The summed E-state index contributed by atoms with van der Waals surface area (Å²) in [7, 11) is 0. The van der Waals surface area contributed by atoms with Crippen LogP contribution in [0.1, 0.15) is 23.3 Å². The molecular formula is C19H19BrN2O3S. The lowest BCUT2D eigenvalue weighted by Gasteiger charge is -2.14. The fraction of sp³-hybridized carbons (Fsp3) is 0.368. The third kappa shape index (κ3) is 3.56.